The van der Waals surface area contributed by atoms with Gasteiger partial charge in [0.1, 0.15) is 5.76 Å². The molecule has 2 amide bonds. The van der Waals surface area contributed by atoms with Gasteiger partial charge in [-0.2, -0.15) is 5.10 Å². The summed E-state index contributed by atoms with van der Waals surface area (Å²) >= 11 is 5.97. The molecule has 31 heavy (non-hydrogen) atoms. The molecule has 1 aliphatic carbocycles. The number of piperazine rings is 1. The highest BCUT2D eigenvalue weighted by molar-refractivity contribution is 6.31. The largest absolute Gasteiger partial charge is 0.455 e. The summed E-state index contributed by atoms with van der Waals surface area (Å²) in [5, 5.41) is 4.87. The molecule has 1 aliphatic heterocycles. The van der Waals surface area contributed by atoms with Gasteiger partial charge in [0.25, 0.3) is 11.8 Å². The average molecular weight is 443 g/mol. The molecule has 164 valence electrons. The van der Waals surface area contributed by atoms with Crippen molar-refractivity contribution in [3.8, 4) is 0 Å². The smallest absolute Gasteiger partial charge is 0.289 e. The normalized spacial score (nSPS) is 18.2. The zero-order valence-corrected chi connectivity index (χ0v) is 18.7. The Kier molecular flexibility index (Phi) is 6.43. The molecule has 2 aliphatic rings. The Hall–Kier alpha value is -2.64. The standard InChI is InChI=1S/C23H27ClN4O3/c1-3-27-10-12-28(13-11-27)23(30)21-15(2)20-18(8-5-9-19(20)31-21)25-26-22(29)16-6-4-7-17(24)14-16/h4,6-7,14H,3,5,8-13H2,1-2H3,(H,26,29)/b25-18+. The van der Waals surface area contributed by atoms with Crippen molar-refractivity contribution in [3.05, 3.63) is 57.5 Å². The molecule has 0 bridgehead atoms. The van der Waals surface area contributed by atoms with Crippen LogP contribution in [0.2, 0.25) is 5.02 Å². The zero-order valence-electron chi connectivity index (χ0n) is 17.9. The molecule has 0 unspecified atom stereocenters. The summed E-state index contributed by atoms with van der Waals surface area (Å²) in [7, 11) is 0. The lowest BCUT2D eigenvalue weighted by molar-refractivity contribution is 0.0609. The SMILES string of the molecule is CCN1CCN(C(=O)c2oc3c(c2C)/C(=N/NC(=O)c2cccc(Cl)c2)CCC3)CC1. The van der Waals surface area contributed by atoms with Crippen molar-refractivity contribution < 1.29 is 14.0 Å². The molecule has 1 aromatic heterocycles. The molecule has 2 heterocycles. The van der Waals surface area contributed by atoms with Gasteiger partial charge in [0, 0.05) is 54.3 Å². The van der Waals surface area contributed by atoms with Gasteiger partial charge in [0.2, 0.25) is 0 Å². The predicted octanol–water partition coefficient (Wildman–Crippen LogP) is 3.49. The first kappa shape index (κ1) is 21.6. The number of hydrogen-bond acceptors (Lipinski definition) is 5. The Labute approximate surface area is 187 Å². The number of hydrogen-bond donors (Lipinski definition) is 1. The molecule has 0 spiro atoms. The average Bonchev–Trinajstić information content (AvgIpc) is 3.14. The van der Waals surface area contributed by atoms with E-state index in [0.717, 1.165) is 55.1 Å². The molecule has 0 atom stereocenters. The minimum Gasteiger partial charge on any atom is -0.455 e. The third-order valence-electron chi connectivity index (χ3n) is 6.01. The van der Waals surface area contributed by atoms with E-state index in [4.69, 9.17) is 16.0 Å². The van der Waals surface area contributed by atoms with Gasteiger partial charge in [-0.15, -0.1) is 0 Å². The number of amides is 2. The van der Waals surface area contributed by atoms with Crippen molar-refractivity contribution in [1.82, 2.24) is 15.2 Å². The maximum absolute atomic E-state index is 13.1. The monoisotopic (exact) mass is 442 g/mol. The molecule has 7 nitrogen and oxygen atoms in total. The fourth-order valence-electron chi connectivity index (χ4n) is 4.21. The number of hydrazone groups is 1. The topological polar surface area (TPSA) is 78.2 Å². The minimum atomic E-state index is -0.326. The highest BCUT2D eigenvalue weighted by Crippen LogP contribution is 2.30. The number of halogens is 1. The fraction of sp³-hybridized carbons (Fsp3) is 0.435. The second-order valence-electron chi connectivity index (χ2n) is 7.94. The third kappa shape index (κ3) is 4.52. The first-order valence-corrected chi connectivity index (χ1v) is 11.1. The quantitative estimate of drug-likeness (QED) is 0.735. The lowest BCUT2D eigenvalue weighted by atomic mass is 9.93. The van der Waals surface area contributed by atoms with Gasteiger partial charge in [-0.05, 0) is 44.5 Å². The van der Waals surface area contributed by atoms with Gasteiger partial charge in [-0.25, -0.2) is 5.43 Å². The molecule has 1 N–H and O–H groups in total. The Bertz CT molecular complexity index is 1020. The Morgan fingerprint density at radius 1 is 1.19 bits per heavy atom. The van der Waals surface area contributed by atoms with Crippen LogP contribution in [0, 0.1) is 6.92 Å². The van der Waals surface area contributed by atoms with Gasteiger partial charge in [0.05, 0.1) is 5.71 Å². The van der Waals surface area contributed by atoms with E-state index >= 15 is 0 Å². The molecular formula is C23H27ClN4O3. The third-order valence-corrected chi connectivity index (χ3v) is 6.24. The van der Waals surface area contributed by atoms with E-state index in [-0.39, 0.29) is 11.8 Å². The van der Waals surface area contributed by atoms with E-state index in [1.54, 1.807) is 24.3 Å². The van der Waals surface area contributed by atoms with Crippen molar-refractivity contribution in [1.29, 1.82) is 0 Å². The summed E-state index contributed by atoms with van der Waals surface area (Å²) in [6.07, 6.45) is 2.33. The predicted molar refractivity (Wildman–Crippen MR) is 120 cm³/mol. The Morgan fingerprint density at radius 2 is 1.97 bits per heavy atom. The number of nitrogens with zero attached hydrogens (tertiary/aromatic N) is 3. The van der Waals surface area contributed by atoms with Gasteiger partial charge in [0.15, 0.2) is 5.76 Å². The summed E-state index contributed by atoms with van der Waals surface area (Å²) in [6, 6.07) is 6.72. The number of aryl methyl sites for hydroxylation is 1. The summed E-state index contributed by atoms with van der Waals surface area (Å²) in [5.74, 6) is 0.777. The van der Waals surface area contributed by atoms with E-state index < -0.39 is 0 Å². The van der Waals surface area contributed by atoms with Crippen LogP contribution in [0.4, 0.5) is 0 Å². The zero-order chi connectivity index (χ0) is 22.0. The van der Waals surface area contributed by atoms with Crippen LogP contribution in [0.3, 0.4) is 0 Å². The van der Waals surface area contributed by atoms with E-state index in [0.29, 0.717) is 35.9 Å². The van der Waals surface area contributed by atoms with E-state index in [1.165, 1.54) is 0 Å². The number of fused-ring (bicyclic) bond motifs is 1. The maximum Gasteiger partial charge on any atom is 0.289 e. The van der Waals surface area contributed by atoms with Crippen molar-refractivity contribution in [2.75, 3.05) is 32.7 Å². The first-order valence-electron chi connectivity index (χ1n) is 10.7. The van der Waals surface area contributed by atoms with Crippen LogP contribution in [0.1, 0.15) is 57.6 Å². The van der Waals surface area contributed by atoms with Crippen LogP contribution in [0.25, 0.3) is 0 Å². The maximum atomic E-state index is 13.1. The van der Waals surface area contributed by atoms with Crippen molar-refractivity contribution in [2.45, 2.75) is 33.1 Å². The number of nitrogens with one attached hydrogen (secondary N) is 1. The first-order chi connectivity index (χ1) is 15.0. The molecule has 8 heteroatoms. The Balaban J connectivity index is 1.53. The molecule has 0 radical (unpaired) electrons. The molecule has 2 aromatic rings. The number of rotatable bonds is 4. The highest BCUT2D eigenvalue weighted by Gasteiger charge is 2.31. The minimum absolute atomic E-state index is 0.0648. The van der Waals surface area contributed by atoms with Gasteiger partial charge < -0.3 is 14.2 Å². The Morgan fingerprint density at radius 3 is 2.68 bits per heavy atom. The van der Waals surface area contributed by atoms with Crippen LogP contribution < -0.4 is 5.43 Å². The van der Waals surface area contributed by atoms with Crippen molar-refractivity contribution in [2.24, 2.45) is 5.10 Å². The highest BCUT2D eigenvalue weighted by atomic mass is 35.5. The van der Waals surface area contributed by atoms with Gasteiger partial charge in [-0.3, -0.25) is 9.59 Å². The molecular weight excluding hydrogens is 416 g/mol. The number of likely N-dealkylation sites (N-methyl/N-ethyl adjacent to an activating group) is 1. The van der Waals surface area contributed by atoms with Gasteiger partial charge in [-0.1, -0.05) is 24.6 Å². The van der Waals surface area contributed by atoms with Crippen molar-refractivity contribution in [3.63, 3.8) is 0 Å². The second-order valence-corrected chi connectivity index (χ2v) is 8.38. The lowest BCUT2D eigenvalue weighted by Gasteiger charge is -2.33. The van der Waals surface area contributed by atoms with Crippen molar-refractivity contribution >= 4 is 29.1 Å². The summed E-state index contributed by atoms with van der Waals surface area (Å²) in [6.45, 7) is 8.19. The van der Waals surface area contributed by atoms with Gasteiger partial charge >= 0.3 is 0 Å². The summed E-state index contributed by atoms with van der Waals surface area (Å²) in [4.78, 5) is 29.8. The van der Waals surface area contributed by atoms with Crippen LogP contribution in [0.15, 0.2) is 33.8 Å². The number of carbonyl (C=O) groups is 2. The number of carbonyl (C=O) groups excluding carboxylic acids is 2. The van der Waals surface area contributed by atoms with E-state index in [1.807, 2.05) is 11.8 Å². The molecule has 0 saturated carbocycles. The fourth-order valence-corrected chi connectivity index (χ4v) is 4.40. The summed E-state index contributed by atoms with van der Waals surface area (Å²) in [5.41, 5.74) is 5.47. The lowest BCUT2D eigenvalue weighted by Crippen LogP contribution is -2.48. The van der Waals surface area contributed by atoms with E-state index in [2.05, 4.69) is 22.4 Å². The summed E-state index contributed by atoms with van der Waals surface area (Å²) < 4.78 is 6.03. The van der Waals surface area contributed by atoms with E-state index in [9.17, 15) is 9.59 Å². The van der Waals surface area contributed by atoms with Crippen LogP contribution in [-0.2, 0) is 6.42 Å². The second kappa shape index (κ2) is 9.24. The van der Waals surface area contributed by atoms with Crippen LogP contribution in [-0.4, -0.2) is 60.0 Å². The number of furan rings is 1. The van der Waals surface area contributed by atoms with Crippen LogP contribution in [0.5, 0.6) is 0 Å². The number of benzene rings is 1. The molecule has 1 saturated heterocycles. The van der Waals surface area contributed by atoms with Crippen LogP contribution >= 0.6 is 11.6 Å². The molecule has 1 fully saturated rings. The molecule has 1 aromatic carbocycles. The molecule has 4 rings (SSSR count).